The van der Waals surface area contributed by atoms with Crippen LogP contribution in [-0.2, 0) is 13.1 Å². The number of nitrogen functional groups attached to an aromatic ring is 1. The smallest absolute Gasteiger partial charge is 0.253 e. The second kappa shape index (κ2) is 8.21. The van der Waals surface area contributed by atoms with Crippen molar-refractivity contribution < 1.29 is 4.79 Å². The molecule has 0 bridgehead atoms. The van der Waals surface area contributed by atoms with E-state index in [9.17, 15) is 4.79 Å². The van der Waals surface area contributed by atoms with Crippen LogP contribution in [0.25, 0.3) is 0 Å². The number of hydrogen-bond donors (Lipinski definition) is 2. The Balaban J connectivity index is 2.01. The summed E-state index contributed by atoms with van der Waals surface area (Å²) in [4.78, 5) is 14.6. The second-order valence-electron chi connectivity index (χ2n) is 6.18. The minimum Gasteiger partial charge on any atom is -0.399 e. The molecular weight excluding hydrogens is 322 g/mol. The number of hydrogen-bond acceptors (Lipinski definition) is 3. The maximum absolute atomic E-state index is 12.4. The minimum absolute atomic E-state index is 0.140. The van der Waals surface area contributed by atoms with Crippen molar-refractivity contribution in [1.82, 2.24) is 5.32 Å². The zero-order valence-corrected chi connectivity index (χ0v) is 14.9. The highest BCUT2D eigenvalue weighted by molar-refractivity contribution is 6.00. The summed E-state index contributed by atoms with van der Waals surface area (Å²) < 4.78 is 0. The molecule has 0 aliphatic carbocycles. The van der Waals surface area contributed by atoms with Gasteiger partial charge in [-0.05, 0) is 29.3 Å². The summed E-state index contributed by atoms with van der Waals surface area (Å²) in [7, 11) is 1.63. The van der Waals surface area contributed by atoms with Crippen molar-refractivity contribution in [2.24, 2.45) is 0 Å². The lowest BCUT2D eigenvalue weighted by Gasteiger charge is -2.27. The van der Waals surface area contributed by atoms with E-state index in [1.54, 1.807) is 13.1 Å². The van der Waals surface area contributed by atoms with E-state index in [4.69, 9.17) is 5.73 Å². The van der Waals surface area contributed by atoms with Crippen LogP contribution in [0, 0.1) is 0 Å². The van der Waals surface area contributed by atoms with Gasteiger partial charge in [0.05, 0.1) is 11.3 Å². The van der Waals surface area contributed by atoms with Crippen LogP contribution in [0.4, 0.5) is 11.4 Å². The highest BCUT2D eigenvalue weighted by Gasteiger charge is 2.17. The predicted octanol–water partition coefficient (Wildman–Crippen LogP) is 3.84. The molecule has 4 nitrogen and oxygen atoms in total. The molecule has 0 atom stereocenters. The molecule has 0 aromatic heterocycles. The Morgan fingerprint density at radius 1 is 0.885 bits per heavy atom. The minimum atomic E-state index is -0.140. The highest BCUT2D eigenvalue weighted by Crippen LogP contribution is 2.27. The molecule has 3 aromatic rings. The van der Waals surface area contributed by atoms with Crippen LogP contribution in [0.1, 0.15) is 21.5 Å². The third-order valence-electron chi connectivity index (χ3n) is 4.27. The SMILES string of the molecule is CNC(=O)c1cc(N)ccc1N(Cc1ccccc1)Cc1ccccc1. The molecule has 0 saturated carbocycles. The van der Waals surface area contributed by atoms with Crippen molar-refractivity contribution in [3.63, 3.8) is 0 Å². The van der Waals surface area contributed by atoms with Crippen molar-refractivity contribution in [3.8, 4) is 0 Å². The number of nitrogens with one attached hydrogen (secondary N) is 1. The number of carbonyl (C=O) groups is 1. The van der Waals surface area contributed by atoms with Gasteiger partial charge in [0, 0.05) is 25.8 Å². The average molecular weight is 345 g/mol. The van der Waals surface area contributed by atoms with E-state index in [-0.39, 0.29) is 5.91 Å². The number of rotatable bonds is 6. The molecule has 0 fully saturated rings. The van der Waals surface area contributed by atoms with Gasteiger partial charge in [-0.2, -0.15) is 0 Å². The van der Waals surface area contributed by atoms with Crippen molar-refractivity contribution in [2.75, 3.05) is 17.7 Å². The topological polar surface area (TPSA) is 58.4 Å². The average Bonchev–Trinajstić information content (AvgIpc) is 2.68. The summed E-state index contributed by atoms with van der Waals surface area (Å²) in [5.74, 6) is -0.140. The molecule has 3 aromatic carbocycles. The molecule has 0 heterocycles. The molecule has 132 valence electrons. The molecule has 26 heavy (non-hydrogen) atoms. The molecule has 0 aliphatic heterocycles. The molecule has 0 radical (unpaired) electrons. The van der Waals surface area contributed by atoms with Crippen molar-refractivity contribution in [2.45, 2.75) is 13.1 Å². The van der Waals surface area contributed by atoms with E-state index in [0.29, 0.717) is 24.3 Å². The summed E-state index contributed by atoms with van der Waals surface area (Å²) in [6.45, 7) is 1.40. The zero-order chi connectivity index (χ0) is 18.4. The first-order chi connectivity index (χ1) is 12.7. The highest BCUT2D eigenvalue weighted by atomic mass is 16.1. The fourth-order valence-corrected chi connectivity index (χ4v) is 2.98. The molecule has 3 N–H and O–H groups in total. The molecule has 0 saturated heterocycles. The summed E-state index contributed by atoms with van der Waals surface area (Å²) in [5, 5.41) is 2.71. The first-order valence-corrected chi connectivity index (χ1v) is 8.62. The second-order valence-corrected chi connectivity index (χ2v) is 6.18. The van der Waals surface area contributed by atoms with E-state index in [2.05, 4.69) is 34.5 Å². The molecule has 0 aliphatic rings. The van der Waals surface area contributed by atoms with Gasteiger partial charge in [-0.25, -0.2) is 0 Å². The molecule has 3 rings (SSSR count). The fourth-order valence-electron chi connectivity index (χ4n) is 2.98. The largest absolute Gasteiger partial charge is 0.399 e. The number of benzene rings is 3. The summed E-state index contributed by atoms with van der Waals surface area (Å²) >= 11 is 0. The van der Waals surface area contributed by atoms with Gasteiger partial charge in [0.2, 0.25) is 0 Å². The number of carbonyl (C=O) groups excluding carboxylic acids is 1. The van der Waals surface area contributed by atoms with Gasteiger partial charge in [-0.1, -0.05) is 60.7 Å². The lowest BCUT2D eigenvalue weighted by molar-refractivity contribution is 0.0963. The number of nitrogens with zero attached hydrogens (tertiary/aromatic N) is 1. The van der Waals surface area contributed by atoms with Crippen molar-refractivity contribution in [3.05, 3.63) is 95.6 Å². The van der Waals surface area contributed by atoms with E-state index in [0.717, 1.165) is 5.69 Å². The van der Waals surface area contributed by atoms with Crippen LogP contribution in [0.2, 0.25) is 0 Å². The van der Waals surface area contributed by atoms with Gasteiger partial charge in [0.1, 0.15) is 0 Å². The molecule has 1 amide bonds. The van der Waals surface area contributed by atoms with E-state index < -0.39 is 0 Å². The molecule has 0 unspecified atom stereocenters. The van der Waals surface area contributed by atoms with Gasteiger partial charge in [0.15, 0.2) is 0 Å². The van der Waals surface area contributed by atoms with Crippen molar-refractivity contribution >= 4 is 17.3 Å². The summed E-state index contributed by atoms with van der Waals surface area (Å²) in [5.41, 5.74) is 10.3. The molecule has 0 spiro atoms. The molecular formula is C22H23N3O. The predicted molar refractivity (Wildman–Crippen MR) is 107 cm³/mol. The van der Waals surface area contributed by atoms with Crippen LogP contribution in [0.5, 0.6) is 0 Å². The van der Waals surface area contributed by atoms with Gasteiger partial charge in [-0.3, -0.25) is 4.79 Å². The number of anilines is 2. The van der Waals surface area contributed by atoms with Gasteiger partial charge in [0.25, 0.3) is 5.91 Å². The first kappa shape index (κ1) is 17.5. The normalized spacial score (nSPS) is 10.3. The Labute approximate surface area is 154 Å². The third kappa shape index (κ3) is 4.22. The number of nitrogens with two attached hydrogens (primary N) is 1. The van der Waals surface area contributed by atoms with Crippen LogP contribution in [0.3, 0.4) is 0 Å². The Hall–Kier alpha value is -3.27. The maximum Gasteiger partial charge on any atom is 0.253 e. The molecule has 4 heteroatoms. The zero-order valence-electron chi connectivity index (χ0n) is 14.9. The van der Waals surface area contributed by atoms with Crippen LogP contribution < -0.4 is 16.0 Å². The fraction of sp³-hybridized carbons (Fsp3) is 0.136. The van der Waals surface area contributed by atoms with Gasteiger partial charge < -0.3 is 16.0 Å². The standard InChI is InChI=1S/C22H23N3O/c1-24-22(26)20-14-19(23)12-13-21(20)25(15-17-8-4-2-5-9-17)16-18-10-6-3-7-11-18/h2-14H,15-16,23H2,1H3,(H,24,26). The van der Waals surface area contributed by atoms with Gasteiger partial charge in [-0.15, -0.1) is 0 Å². The van der Waals surface area contributed by atoms with E-state index in [1.807, 2.05) is 48.5 Å². The van der Waals surface area contributed by atoms with E-state index in [1.165, 1.54) is 11.1 Å². The number of amides is 1. The van der Waals surface area contributed by atoms with Crippen LogP contribution in [0.15, 0.2) is 78.9 Å². The van der Waals surface area contributed by atoms with Crippen LogP contribution in [-0.4, -0.2) is 13.0 Å². The lowest BCUT2D eigenvalue weighted by Crippen LogP contribution is -2.27. The van der Waals surface area contributed by atoms with Gasteiger partial charge >= 0.3 is 0 Å². The quantitative estimate of drug-likeness (QED) is 0.668. The Bertz CT molecular complexity index is 822. The van der Waals surface area contributed by atoms with Crippen LogP contribution >= 0.6 is 0 Å². The Kier molecular flexibility index (Phi) is 5.54. The maximum atomic E-state index is 12.4. The van der Waals surface area contributed by atoms with E-state index >= 15 is 0 Å². The summed E-state index contributed by atoms with van der Waals surface area (Å²) in [6, 6.07) is 26.0. The Morgan fingerprint density at radius 2 is 1.42 bits per heavy atom. The lowest BCUT2D eigenvalue weighted by atomic mass is 10.1. The first-order valence-electron chi connectivity index (χ1n) is 8.62. The summed E-state index contributed by atoms with van der Waals surface area (Å²) in [6.07, 6.45) is 0. The van der Waals surface area contributed by atoms with Crippen molar-refractivity contribution in [1.29, 1.82) is 0 Å². The third-order valence-corrected chi connectivity index (χ3v) is 4.27. The Morgan fingerprint density at radius 3 is 1.92 bits per heavy atom. The monoisotopic (exact) mass is 345 g/mol.